The van der Waals surface area contributed by atoms with Crippen molar-refractivity contribution in [1.29, 1.82) is 0 Å². The largest absolute Gasteiger partial charge is 0.335 e. The van der Waals surface area contributed by atoms with Gasteiger partial charge in [0.25, 0.3) is 5.91 Å². The summed E-state index contributed by atoms with van der Waals surface area (Å²) in [6.45, 7) is 7.53. The van der Waals surface area contributed by atoms with Gasteiger partial charge in [-0.15, -0.1) is 11.3 Å². The number of fused-ring (bicyclic) bond motifs is 3. The smallest absolute Gasteiger partial charge is 0.273 e. The van der Waals surface area contributed by atoms with Gasteiger partial charge in [-0.25, -0.2) is 4.98 Å². The molecule has 23 heavy (non-hydrogen) atoms. The van der Waals surface area contributed by atoms with E-state index in [4.69, 9.17) is 0 Å². The minimum atomic E-state index is 0.107. The number of carbonyl (C=O) groups excluding carboxylic acids is 1. The number of aromatic nitrogens is 1. The predicted molar refractivity (Wildman–Crippen MR) is 94.3 cm³/mol. The van der Waals surface area contributed by atoms with Crippen molar-refractivity contribution in [1.82, 2.24) is 19.7 Å². The SMILES string of the molecule is CSc1nc(C(=O)N2CCN([C@H]3CN4CCC3CC4)CC2)cs1. The van der Waals surface area contributed by atoms with E-state index in [2.05, 4.69) is 14.8 Å². The number of piperidine rings is 3. The van der Waals surface area contributed by atoms with Gasteiger partial charge in [-0.3, -0.25) is 9.69 Å². The fourth-order valence-electron chi connectivity index (χ4n) is 4.22. The number of thioether (sulfide) groups is 1. The lowest BCUT2D eigenvalue weighted by molar-refractivity contribution is -0.0131. The Hall–Kier alpha value is -0.630. The number of piperazine rings is 1. The van der Waals surface area contributed by atoms with Crippen LogP contribution in [0.1, 0.15) is 23.3 Å². The summed E-state index contributed by atoms with van der Waals surface area (Å²) in [6, 6.07) is 0.720. The van der Waals surface area contributed by atoms with E-state index in [-0.39, 0.29) is 5.91 Å². The van der Waals surface area contributed by atoms with Crippen LogP contribution in [-0.4, -0.2) is 83.7 Å². The number of amides is 1. The van der Waals surface area contributed by atoms with Gasteiger partial charge in [0.05, 0.1) is 0 Å². The molecule has 4 aliphatic heterocycles. The van der Waals surface area contributed by atoms with E-state index in [1.165, 1.54) is 32.5 Å². The standard InChI is InChI=1S/C16H24N4OS2/c1-22-16-17-13(11-23-16)15(21)20-8-6-19(7-9-20)14-10-18-4-2-12(14)3-5-18/h11-12,14H,2-10H2,1H3/t14-/m0/s1. The van der Waals surface area contributed by atoms with E-state index in [0.717, 1.165) is 42.5 Å². The minimum Gasteiger partial charge on any atom is -0.335 e. The number of thiazole rings is 1. The Morgan fingerprint density at radius 1 is 1.22 bits per heavy atom. The van der Waals surface area contributed by atoms with Gasteiger partial charge >= 0.3 is 0 Å². The molecule has 4 fully saturated rings. The van der Waals surface area contributed by atoms with Gasteiger partial charge in [0.1, 0.15) is 10.0 Å². The Balaban J connectivity index is 1.34. The van der Waals surface area contributed by atoms with Gasteiger partial charge in [-0.05, 0) is 38.1 Å². The van der Waals surface area contributed by atoms with E-state index >= 15 is 0 Å². The normalized spacial score (nSPS) is 31.5. The molecular weight excluding hydrogens is 328 g/mol. The summed E-state index contributed by atoms with van der Waals surface area (Å²) in [7, 11) is 0. The van der Waals surface area contributed by atoms with Crippen LogP contribution in [-0.2, 0) is 0 Å². The lowest BCUT2D eigenvalue weighted by Crippen LogP contribution is -2.61. The molecule has 126 valence electrons. The first-order chi connectivity index (χ1) is 11.2. The summed E-state index contributed by atoms with van der Waals surface area (Å²) < 4.78 is 0.972. The minimum absolute atomic E-state index is 0.107. The predicted octanol–water partition coefficient (Wildman–Crippen LogP) is 1.72. The van der Waals surface area contributed by atoms with Crippen LogP contribution in [0.15, 0.2) is 9.72 Å². The zero-order valence-electron chi connectivity index (χ0n) is 13.6. The second-order valence-electron chi connectivity index (χ2n) is 6.74. The van der Waals surface area contributed by atoms with Crippen LogP contribution in [0, 0.1) is 5.92 Å². The molecule has 5 nitrogen and oxygen atoms in total. The highest BCUT2D eigenvalue weighted by Gasteiger charge is 2.38. The van der Waals surface area contributed by atoms with Crippen LogP contribution < -0.4 is 0 Å². The van der Waals surface area contributed by atoms with Gasteiger partial charge in [0.15, 0.2) is 0 Å². The maximum absolute atomic E-state index is 12.6. The molecule has 0 saturated carbocycles. The topological polar surface area (TPSA) is 39.7 Å². The van der Waals surface area contributed by atoms with Crippen LogP contribution in [0.5, 0.6) is 0 Å². The fourth-order valence-corrected chi connectivity index (χ4v) is 5.45. The summed E-state index contributed by atoms with van der Waals surface area (Å²) in [5, 5.41) is 1.90. The molecular formula is C16H24N4OS2. The first-order valence-electron chi connectivity index (χ1n) is 8.50. The zero-order chi connectivity index (χ0) is 15.8. The maximum atomic E-state index is 12.6. The first kappa shape index (κ1) is 15.9. The van der Waals surface area contributed by atoms with Crippen LogP contribution in [0.25, 0.3) is 0 Å². The molecule has 0 radical (unpaired) electrons. The van der Waals surface area contributed by atoms with E-state index in [1.54, 1.807) is 23.1 Å². The second-order valence-corrected chi connectivity index (χ2v) is 8.65. The van der Waals surface area contributed by atoms with Crippen molar-refractivity contribution in [3.05, 3.63) is 11.1 Å². The Morgan fingerprint density at radius 2 is 1.96 bits per heavy atom. The molecule has 0 N–H and O–H groups in total. The van der Waals surface area contributed by atoms with Gasteiger partial charge in [0, 0.05) is 44.1 Å². The quantitative estimate of drug-likeness (QED) is 0.775. The molecule has 5 rings (SSSR count). The average molecular weight is 353 g/mol. The molecule has 5 heterocycles. The number of rotatable bonds is 3. The van der Waals surface area contributed by atoms with Crippen LogP contribution in [0.2, 0.25) is 0 Å². The van der Waals surface area contributed by atoms with Crippen LogP contribution in [0.4, 0.5) is 0 Å². The summed E-state index contributed by atoms with van der Waals surface area (Å²) in [6.07, 6.45) is 4.72. The molecule has 0 unspecified atom stereocenters. The summed E-state index contributed by atoms with van der Waals surface area (Å²) in [4.78, 5) is 24.2. The van der Waals surface area contributed by atoms with Crippen molar-refractivity contribution in [2.45, 2.75) is 23.2 Å². The van der Waals surface area contributed by atoms with Crippen molar-refractivity contribution in [3.63, 3.8) is 0 Å². The molecule has 4 aliphatic rings. The van der Waals surface area contributed by atoms with Crippen LogP contribution >= 0.6 is 23.1 Å². The van der Waals surface area contributed by atoms with E-state index < -0.39 is 0 Å². The molecule has 0 aliphatic carbocycles. The third kappa shape index (κ3) is 3.16. The van der Waals surface area contributed by atoms with Gasteiger partial charge in [-0.2, -0.15) is 0 Å². The molecule has 1 aromatic rings. The van der Waals surface area contributed by atoms with Crippen molar-refractivity contribution in [2.24, 2.45) is 5.92 Å². The van der Waals surface area contributed by atoms with Gasteiger partial charge in [-0.1, -0.05) is 11.8 Å². The Bertz CT molecular complexity index is 562. The average Bonchev–Trinajstić information content (AvgIpc) is 3.11. The molecule has 4 saturated heterocycles. The van der Waals surface area contributed by atoms with Crippen molar-refractivity contribution >= 4 is 29.0 Å². The van der Waals surface area contributed by atoms with Crippen molar-refractivity contribution in [2.75, 3.05) is 52.1 Å². The molecule has 7 heteroatoms. The lowest BCUT2D eigenvalue weighted by atomic mass is 9.83. The third-order valence-corrected chi connectivity index (χ3v) is 7.43. The van der Waals surface area contributed by atoms with Crippen molar-refractivity contribution in [3.8, 4) is 0 Å². The molecule has 0 aromatic carbocycles. The van der Waals surface area contributed by atoms with E-state index in [9.17, 15) is 4.79 Å². The monoisotopic (exact) mass is 352 g/mol. The van der Waals surface area contributed by atoms with Crippen molar-refractivity contribution < 1.29 is 4.79 Å². The highest BCUT2D eigenvalue weighted by Crippen LogP contribution is 2.31. The van der Waals surface area contributed by atoms with Crippen LogP contribution in [0.3, 0.4) is 0 Å². The molecule has 1 aromatic heterocycles. The Labute approximate surface area is 146 Å². The zero-order valence-corrected chi connectivity index (χ0v) is 15.2. The summed E-state index contributed by atoms with van der Waals surface area (Å²) in [5.74, 6) is 0.986. The highest BCUT2D eigenvalue weighted by molar-refractivity contribution is 8.00. The summed E-state index contributed by atoms with van der Waals surface area (Å²) >= 11 is 3.17. The Kier molecular flexibility index (Phi) is 4.63. The molecule has 1 amide bonds. The Morgan fingerprint density at radius 3 is 2.52 bits per heavy atom. The molecule has 2 bridgehead atoms. The molecule has 1 atom stereocenters. The number of nitrogens with zero attached hydrogens (tertiary/aromatic N) is 4. The fraction of sp³-hybridized carbons (Fsp3) is 0.750. The molecule has 0 spiro atoms. The number of carbonyl (C=O) groups is 1. The second kappa shape index (κ2) is 6.70. The highest BCUT2D eigenvalue weighted by atomic mass is 32.2. The summed E-state index contributed by atoms with van der Waals surface area (Å²) in [5.41, 5.74) is 0.621. The first-order valence-corrected chi connectivity index (χ1v) is 10.6. The van der Waals surface area contributed by atoms with Gasteiger partial charge < -0.3 is 9.80 Å². The maximum Gasteiger partial charge on any atom is 0.273 e. The lowest BCUT2D eigenvalue weighted by Gasteiger charge is -2.50. The number of hydrogen-bond donors (Lipinski definition) is 0. The van der Waals surface area contributed by atoms with E-state index in [0.29, 0.717) is 5.69 Å². The van der Waals surface area contributed by atoms with E-state index in [1.807, 2.05) is 16.5 Å². The van der Waals surface area contributed by atoms with Gasteiger partial charge in [0.2, 0.25) is 0 Å². The third-order valence-electron chi connectivity index (χ3n) is 5.57. The number of hydrogen-bond acceptors (Lipinski definition) is 6.